The number of hydrogen-bond donors (Lipinski definition) is 2. The van der Waals surface area contributed by atoms with Gasteiger partial charge in [-0.1, -0.05) is 0 Å². The first-order valence-electron chi connectivity index (χ1n) is 6.68. The molecule has 0 aliphatic carbocycles. The van der Waals surface area contributed by atoms with Crippen molar-refractivity contribution in [3.63, 3.8) is 0 Å². The lowest BCUT2D eigenvalue weighted by molar-refractivity contribution is 0.174. The molecule has 0 bridgehead atoms. The number of nitrogens with one attached hydrogen (secondary N) is 1. The van der Waals surface area contributed by atoms with Crippen LogP contribution in [0.25, 0.3) is 0 Å². The van der Waals surface area contributed by atoms with E-state index in [0.717, 1.165) is 17.1 Å². The maximum absolute atomic E-state index is 9.73. The van der Waals surface area contributed by atoms with E-state index < -0.39 is 6.23 Å². The van der Waals surface area contributed by atoms with Gasteiger partial charge in [0.1, 0.15) is 6.23 Å². The minimum atomic E-state index is -0.605. The smallest absolute Gasteiger partial charge is 0.231 e. The number of nitrogens with zero attached hydrogens (tertiary/aromatic N) is 2. The summed E-state index contributed by atoms with van der Waals surface area (Å²) in [5, 5.41) is 13.0. The Bertz CT molecular complexity index is 646. The molecule has 1 aliphatic rings. The number of fused-ring (bicyclic) bond motifs is 1. The highest BCUT2D eigenvalue weighted by atomic mass is 16.7. The number of ether oxygens (including phenoxy) is 2. The van der Waals surface area contributed by atoms with Crippen LogP contribution in [0.4, 0.5) is 17.2 Å². The van der Waals surface area contributed by atoms with Crippen molar-refractivity contribution in [3.8, 4) is 11.5 Å². The van der Waals surface area contributed by atoms with E-state index in [1.54, 1.807) is 18.0 Å². The molecule has 6 heteroatoms. The lowest BCUT2D eigenvalue weighted by Crippen LogP contribution is -2.28. The summed E-state index contributed by atoms with van der Waals surface area (Å²) in [7, 11) is 1.81. The van der Waals surface area contributed by atoms with Crippen LogP contribution in [0, 0.1) is 0 Å². The third-order valence-electron chi connectivity index (χ3n) is 3.36. The molecular weight excluding hydrogens is 270 g/mol. The third kappa shape index (κ3) is 2.71. The molecule has 0 spiro atoms. The summed E-state index contributed by atoms with van der Waals surface area (Å²) < 4.78 is 10.6. The molecule has 0 saturated heterocycles. The third-order valence-corrected chi connectivity index (χ3v) is 3.36. The van der Waals surface area contributed by atoms with Crippen LogP contribution in [-0.4, -0.2) is 30.2 Å². The number of rotatable bonds is 4. The van der Waals surface area contributed by atoms with E-state index in [2.05, 4.69) is 10.3 Å². The van der Waals surface area contributed by atoms with Gasteiger partial charge in [0.15, 0.2) is 17.3 Å². The fourth-order valence-electron chi connectivity index (χ4n) is 2.09. The van der Waals surface area contributed by atoms with Crippen molar-refractivity contribution in [2.24, 2.45) is 0 Å². The molecule has 1 unspecified atom stereocenters. The molecule has 1 aromatic heterocycles. The molecule has 3 rings (SSSR count). The van der Waals surface area contributed by atoms with Crippen LogP contribution < -0.4 is 19.7 Å². The lowest BCUT2D eigenvalue weighted by Gasteiger charge is -2.24. The largest absolute Gasteiger partial charge is 0.454 e. The van der Waals surface area contributed by atoms with Crippen LogP contribution >= 0.6 is 0 Å². The number of aliphatic hydroxyl groups is 1. The molecule has 2 aromatic rings. The molecule has 6 nitrogen and oxygen atoms in total. The van der Waals surface area contributed by atoms with Crippen LogP contribution in [0.2, 0.25) is 0 Å². The number of anilines is 3. The average molecular weight is 287 g/mol. The molecule has 0 amide bonds. The monoisotopic (exact) mass is 287 g/mol. The SMILES string of the molecule is CC(O)N(C)c1cccnc1Nc1ccc2c(c1)OCO2. The van der Waals surface area contributed by atoms with E-state index in [1.165, 1.54) is 0 Å². The molecule has 0 saturated carbocycles. The van der Waals surface area contributed by atoms with Crippen LogP contribution in [0.3, 0.4) is 0 Å². The summed E-state index contributed by atoms with van der Waals surface area (Å²) in [5.74, 6) is 2.11. The summed E-state index contributed by atoms with van der Waals surface area (Å²) in [6.45, 7) is 1.95. The maximum Gasteiger partial charge on any atom is 0.231 e. The van der Waals surface area contributed by atoms with Gasteiger partial charge in [0.25, 0.3) is 0 Å². The van der Waals surface area contributed by atoms with E-state index in [9.17, 15) is 5.11 Å². The Balaban J connectivity index is 1.88. The van der Waals surface area contributed by atoms with E-state index in [4.69, 9.17) is 9.47 Å². The van der Waals surface area contributed by atoms with Gasteiger partial charge in [0.2, 0.25) is 6.79 Å². The van der Waals surface area contributed by atoms with Gasteiger partial charge in [-0.05, 0) is 31.2 Å². The maximum atomic E-state index is 9.73. The number of pyridine rings is 1. The second kappa shape index (κ2) is 5.49. The second-order valence-corrected chi connectivity index (χ2v) is 4.81. The molecular formula is C15H17N3O3. The van der Waals surface area contributed by atoms with Gasteiger partial charge < -0.3 is 24.8 Å². The van der Waals surface area contributed by atoms with Crippen molar-refractivity contribution in [1.82, 2.24) is 4.98 Å². The number of aliphatic hydroxyl groups excluding tert-OH is 1. The summed E-state index contributed by atoms with van der Waals surface area (Å²) >= 11 is 0. The number of benzene rings is 1. The van der Waals surface area contributed by atoms with Gasteiger partial charge in [-0.3, -0.25) is 0 Å². The van der Waals surface area contributed by atoms with Gasteiger partial charge >= 0.3 is 0 Å². The number of aromatic nitrogens is 1. The minimum Gasteiger partial charge on any atom is -0.454 e. The molecule has 1 aliphatic heterocycles. The Morgan fingerprint density at radius 1 is 1.29 bits per heavy atom. The van der Waals surface area contributed by atoms with Crippen molar-refractivity contribution < 1.29 is 14.6 Å². The first-order valence-corrected chi connectivity index (χ1v) is 6.68. The summed E-state index contributed by atoms with van der Waals surface area (Å²) in [5.41, 5.74) is 1.66. The van der Waals surface area contributed by atoms with Gasteiger partial charge in [0.05, 0.1) is 5.69 Å². The van der Waals surface area contributed by atoms with Gasteiger partial charge in [-0.15, -0.1) is 0 Å². The first kappa shape index (κ1) is 13.5. The highest BCUT2D eigenvalue weighted by Crippen LogP contribution is 2.36. The van der Waals surface area contributed by atoms with Crippen molar-refractivity contribution in [2.45, 2.75) is 13.2 Å². The predicted octanol–water partition coefficient (Wildman–Crippen LogP) is 2.33. The molecule has 0 fully saturated rings. The minimum absolute atomic E-state index is 0.248. The summed E-state index contributed by atoms with van der Waals surface area (Å²) in [6, 6.07) is 9.34. The van der Waals surface area contributed by atoms with Crippen LogP contribution in [0.1, 0.15) is 6.92 Å². The molecule has 0 radical (unpaired) electrons. The topological polar surface area (TPSA) is 66.9 Å². The Morgan fingerprint density at radius 2 is 2.10 bits per heavy atom. The predicted molar refractivity (Wildman–Crippen MR) is 80.2 cm³/mol. The second-order valence-electron chi connectivity index (χ2n) is 4.81. The van der Waals surface area contributed by atoms with Gasteiger partial charge in [-0.2, -0.15) is 0 Å². The fourth-order valence-corrected chi connectivity index (χ4v) is 2.09. The standard InChI is InChI=1S/C15H17N3O3/c1-10(19)18(2)12-4-3-7-16-15(12)17-11-5-6-13-14(8-11)21-9-20-13/h3-8,10,19H,9H2,1-2H3,(H,16,17). The lowest BCUT2D eigenvalue weighted by atomic mass is 10.2. The van der Waals surface area contributed by atoms with E-state index in [-0.39, 0.29) is 6.79 Å². The Kier molecular flexibility index (Phi) is 3.53. The van der Waals surface area contributed by atoms with Gasteiger partial charge in [-0.25, -0.2) is 4.98 Å². The van der Waals surface area contributed by atoms with E-state index in [1.807, 2.05) is 37.4 Å². The van der Waals surface area contributed by atoms with Gasteiger partial charge in [0, 0.05) is 25.0 Å². The Labute approximate surface area is 122 Å². The van der Waals surface area contributed by atoms with E-state index >= 15 is 0 Å². The Morgan fingerprint density at radius 3 is 2.90 bits per heavy atom. The van der Waals surface area contributed by atoms with Crippen LogP contribution in [0.15, 0.2) is 36.5 Å². The summed E-state index contributed by atoms with van der Waals surface area (Å²) in [4.78, 5) is 6.07. The normalized spacial score (nSPS) is 13.9. The van der Waals surface area contributed by atoms with Crippen LogP contribution in [-0.2, 0) is 0 Å². The first-order chi connectivity index (χ1) is 10.1. The summed E-state index contributed by atoms with van der Waals surface area (Å²) in [6.07, 6.45) is 1.10. The highest BCUT2D eigenvalue weighted by molar-refractivity contribution is 5.72. The zero-order valence-corrected chi connectivity index (χ0v) is 11.9. The molecule has 2 heterocycles. The molecule has 110 valence electrons. The average Bonchev–Trinajstić information content (AvgIpc) is 2.94. The Hall–Kier alpha value is -2.47. The zero-order valence-electron chi connectivity index (χ0n) is 11.9. The molecule has 21 heavy (non-hydrogen) atoms. The molecule has 2 N–H and O–H groups in total. The van der Waals surface area contributed by atoms with Crippen molar-refractivity contribution in [1.29, 1.82) is 0 Å². The number of hydrogen-bond acceptors (Lipinski definition) is 6. The van der Waals surface area contributed by atoms with Crippen LogP contribution in [0.5, 0.6) is 11.5 Å². The molecule has 1 atom stereocenters. The van der Waals surface area contributed by atoms with Crippen molar-refractivity contribution >= 4 is 17.2 Å². The fraction of sp³-hybridized carbons (Fsp3) is 0.267. The quantitative estimate of drug-likeness (QED) is 0.841. The van der Waals surface area contributed by atoms with E-state index in [0.29, 0.717) is 11.6 Å². The molecule has 1 aromatic carbocycles. The van der Waals surface area contributed by atoms with Crippen molar-refractivity contribution in [2.75, 3.05) is 24.1 Å². The zero-order chi connectivity index (χ0) is 14.8. The highest BCUT2D eigenvalue weighted by Gasteiger charge is 2.15. The van der Waals surface area contributed by atoms with Crippen molar-refractivity contribution in [3.05, 3.63) is 36.5 Å².